The van der Waals surface area contributed by atoms with E-state index in [1.807, 2.05) is 16.3 Å². The Balaban J connectivity index is 1.22. The molecule has 0 saturated carbocycles. The van der Waals surface area contributed by atoms with E-state index in [9.17, 15) is 4.79 Å². The number of rotatable bonds is 5. The van der Waals surface area contributed by atoms with Crippen molar-refractivity contribution in [2.75, 3.05) is 26.3 Å². The molecule has 1 amide bonds. The van der Waals surface area contributed by atoms with Gasteiger partial charge in [-0.25, -0.2) is 9.50 Å². The molecule has 2 fully saturated rings. The summed E-state index contributed by atoms with van der Waals surface area (Å²) in [5, 5.41) is 8.86. The van der Waals surface area contributed by atoms with Gasteiger partial charge in [-0.2, -0.15) is 10.1 Å². The smallest absolute Gasteiger partial charge is 0.259 e. The van der Waals surface area contributed by atoms with Gasteiger partial charge in [0.25, 0.3) is 5.91 Å². The average molecular weight is 515 g/mol. The molecule has 198 valence electrons. The Bertz CT molecular complexity index is 1470. The van der Waals surface area contributed by atoms with Crippen molar-refractivity contribution in [3.8, 4) is 0 Å². The number of likely N-dealkylation sites (tertiary alicyclic amines) is 1. The van der Waals surface area contributed by atoms with Crippen molar-refractivity contribution < 1.29 is 14.1 Å². The van der Waals surface area contributed by atoms with Crippen molar-refractivity contribution in [3.05, 3.63) is 75.8 Å². The highest BCUT2D eigenvalue weighted by Gasteiger charge is 2.32. The van der Waals surface area contributed by atoms with Gasteiger partial charge in [0.15, 0.2) is 11.5 Å². The van der Waals surface area contributed by atoms with E-state index in [1.165, 1.54) is 11.1 Å². The van der Waals surface area contributed by atoms with Crippen LogP contribution in [-0.2, 0) is 11.2 Å². The topological polar surface area (TPSA) is 98.7 Å². The van der Waals surface area contributed by atoms with E-state index in [-0.39, 0.29) is 17.7 Å². The van der Waals surface area contributed by atoms with Crippen molar-refractivity contribution in [3.63, 3.8) is 0 Å². The van der Waals surface area contributed by atoms with Gasteiger partial charge in [0, 0.05) is 50.0 Å². The van der Waals surface area contributed by atoms with Gasteiger partial charge in [-0.1, -0.05) is 29.4 Å². The van der Waals surface area contributed by atoms with Crippen LogP contribution in [0.1, 0.15) is 87.7 Å². The molecule has 2 aliphatic heterocycles. The number of carbonyl (C=O) groups is 1. The summed E-state index contributed by atoms with van der Waals surface area (Å²) in [5.41, 5.74) is 6.75. The fraction of sp³-hybridized carbons (Fsp3) is 0.483. The van der Waals surface area contributed by atoms with Crippen LogP contribution >= 0.6 is 0 Å². The van der Waals surface area contributed by atoms with Crippen LogP contribution in [0.25, 0.3) is 5.65 Å². The number of benzene rings is 1. The summed E-state index contributed by atoms with van der Waals surface area (Å²) in [7, 11) is 0. The van der Waals surface area contributed by atoms with Gasteiger partial charge in [0.1, 0.15) is 5.56 Å². The molecule has 5 heterocycles. The number of hydrogen-bond donors (Lipinski definition) is 0. The highest BCUT2D eigenvalue weighted by molar-refractivity contribution is 5.99. The lowest BCUT2D eigenvalue weighted by Gasteiger charge is -2.30. The second-order valence-corrected chi connectivity index (χ2v) is 10.6. The molecule has 0 N–H and O–H groups in total. The average Bonchev–Trinajstić information content (AvgIpc) is 3.60. The largest absolute Gasteiger partial charge is 0.381 e. The molecule has 1 aromatic carbocycles. The predicted octanol–water partition coefficient (Wildman–Crippen LogP) is 4.54. The van der Waals surface area contributed by atoms with Gasteiger partial charge in [-0.3, -0.25) is 4.79 Å². The van der Waals surface area contributed by atoms with Crippen molar-refractivity contribution >= 4 is 11.6 Å². The second kappa shape index (κ2) is 10.3. The Morgan fingerprint density at radius 2 is 1.87 bits per heavy atom. The van der Waals surface area contributed by atoms with Gasteiger partial charge in [0.05, 0.1) is 12.1 Å². The zero-order valence-electron chi connectivity index (χ0n) is 22.3. The summed E-state index contributed by atoms with van der Waals surface area (Å²) < 4.78 is 13.0. The fourth-order valence-electron chi connectivity index (χ4n) is 5.78. The summed E-state index contributed by atoms with van der Waals surface area (Å²) in [6.07, 6.45) is 6.09. The van der Waals surface area contributed by atoms with Crippen LogP contribution in [0.3, 0.4) is 0 Å². The molecular formula is C29H34N6O3. The number of nitrogens with zero attached hydrogens (tertiary/aromatic N) is 6. The van der Waals surface area contributed by atoms with Crippen molar-refractivity contribution in [2.24, 2.45) is 0 Å². The lowest BCUT2D eigenvalue weighted by Crippen LogP contribution is -2.39. The van der Waals surface area contributed by atoms with Crippen molar-refractivity contribution in [1.29, 1.82) is 0 Å². The van der Waals surface area contributed by atoms with Crippen LogP contribution in [0.4, 0.5) is 0 Å². The number of aryl methyl sites for hydroxylation is 3. The molecular weight excluding hydrogens is 480 g/mol. The molecule has 4 aromatic rings. The third-order valence-electron chi connectivity index (χ3n) is 8.17. The van der Waals surface area contributed by atoms with Crippen molar-refractivity contribution in [1.82, 2.24) is 29.6 Å². The normalized spacial score (nSPS) is 18.8. The van der Waals surface area contributed by atoms with Gasteiger partial charge < -0.3 is 14.2 Å². The summed E-state index contributed by atoms with van der Waals surface area (Å²) in [6.45, 7) is 8.92. The number of carbonyl (C=O) groups excluding carboxylic acids is 1. The molecule has 0 aliphatic carbocycles. The molecule has 2 saturated heterocycles. The van der Waals surface area contributed by atoms with E-state index >= 15 is 0 Å². The molecule has 2 aliphatic rings. The minimum Gasteiger partial charge on any atom is -0.381 e. The first kappa shape index (κ1) is 24.7. The first-order valence-corrected chi connectivity index (χ1v) is 13.6. The van der Waals surface area contributed by atoms with Gasteiger partial charge in [-0.15, -0.1) is 0 Å². The zero-order chi connectivity index (χ0) is 26.2. The van der Waals surface area contributed by atoms with Crippen molar-refractivity contribution in [2.45, 2.75) is 64.7 Å². The minimum absolute atomic E-state index is 0.0350. The van der Waals surface area contributed by atoms with E-state index in [0.29, 0.717) is 30.2 Å². The van der Waals surface area contributed by atoms with E-state index in [2.05, 4.69) is 48.4 Å². The molecule has 1 atom stereocenters. The first-order chi connectivity index (χ1) is 18.5. The van der Waals surface area contributed by atoms with E-state index in [1.54, 1.807) is 6.20 Å². The van der Waals surface area contributed by atoms with Crippen LogP contribution in [0, 0.1) is 20.8 Å². The number of fused-ring (bicyclic) bond motifs is 1. The second-order valence-electron chi connectivity index (χ2n) is 10.6. The SMILES string of the molecule is Cc1ccccc1Cc1c(C)nc2c(C(=O)N3CCCC(c4nc(C5CCOCC5)no4)C3)cnn2c1C. The highest BCUT2D eigenvalue weighted by Crippen LogP contribution is 2.31. The van der Waals surface area contributed by atoms with Crippen LogP contribution in [-0.4, -0.2) is 61.8 Å². The molecule has 3 aromatic heterocycles. The van der Waals surface area contributed by atoms with E-state index < -0.39 is 0 Å². The maximum atomic E-state index is 13.7. The molecule has 9 heteroatoms. The van der Waals surface area contributed by atoms with Gasteiger partial charge in [0.2, 0.25) is 5.89 Å². The zero-order valence-corrected chi connectivity index (χ0v) is 22.3. The maximum Gasteiger partial charge on any atom is 0.259 e. The molecule has 1 unspecified atom stereocenters. The summed E-state index contributed by atoms with van der Waals surface area (Å²) >= 11 is 0. The number of amides is 1. The standard InChI is InChI=1S/C29H34N6O3/c1-18-7-4-5-8-22(18)15-24-19(2)31-27-25(16-30-35(27)20(24)3)29(36)34-12-6-9-23(17-34)28-32-26(33-38-28)21-10-13-37-14-11-21/h4-5,7-8,16,21,23H,6,9-15,17H2,1-3H3. The summed E-state index contributed by atoms with van der Waals surface area (Å²) in [5.74, 6) is 1.68. The molecule has 6 rings (SSSR count). The van der Waals surface area contributed by atoms with Gasteiger partial charge >= 0.3 is 0 Å². The number of hydrogen-bond acceptors (Lipinski definition) is 7. The Morgan fingerprint density at radius 1 is 1.05 bits per heavy atom. The number of ether oxygens (including phenoxy) is 1. The quantitative estimate of drug-likeness (QED) is 0.385. The molecule has 38 heavy (non-hydrogen) atoms. The minimum atomic E-state index is -0.0492. The Hall–Kier alpha value is -3.59. The van der Waals surface area contributed by atoms with E-state index in [0.717, 1.165) is 68.1 Å². The Labute approximate surface area is 222 Å². The fourth-order valence-corrected chi connectivity index (χ4v) is 5.78. The summed E-state index contributed by atoms with van der Waals surface area (Å²) in [6, 6.07) is 8.40. The summed E-state index contributed by atoms with van der Waals surface area (Å²) in [4.78, 5) is 25.2. The highest BCUT2D eigenvalue weighted by atomic mass is 16.5. The lowest BCUT2D eigenvalue weighted by molar-refractivity contribution is 0.0697. The van der Waals surface area contributed by atoms with Crippen LogP contribution < -0.4 is 0 Å². The molecule has 0 radical (unpaired) electrons. The van der Waals surface area contributed by atoms with Crippen LogP contribution in [0.2, 0.25) is 0 Å². The Morgan fingerprint density at radius 3 is 2.68 bits per heavy atom. The van der Waals surface area contributed by atoms with E-state index in [4.69, 9.17) is 19.2 Å². The number of piperidine rings is 1. The molecule has 0 bridgehead atoms. The monoisotopic (exact) mass is 514 g/mol. The third kappa shape index (κ3) is 4.60. The van der Waals surface area contributed by atoms with Crippen LogP contribution in [0.5, 0.6) is 0 Å². The molecule has 0 spiro atoms. The molecule has 9 nitrogen and oxygen atoms in total. The maximum absolute atomic E-state index is 13.7. The predicted molar refractivity (Wildman–Crippen MR) is 141 cm³/mol. The third-order valence-corrected chi connectivity index (χ3v) is 8.17. The Kier molecular flexibility index (Phi) is 6.69. The lowest BCUT2D eigenvalue weighted by atomic mass is 9.96. The van der Waals surface area contributed by atoms with Gasteiger partial charge in [-0.05, 0) is 63.1 Å². The number of aromatic nitrogens is 5. The first-order valence-electron chi connectivity index (χ1n) is 13.6. The van der Waals surface area contributed by atoms with Crippen LogP contribution in [0.15, 0.2) is 35.0 Å².